The highest BCUT2D eigenvalue weighted by atomic mass is 32.2. The first kappa shape index (κ1) is 20.3. The van der Waals surface area contributed by atoms with Gasteiger partial charge in [0.05, 0.1) is 12.3 Å². The van der Waals surface area contributed by atoms with Crippen molar-refractivity contribution in [2.75, 3.05) is 12.4 Å². The Kier molecular flexibility index (Phi) is 6.29. The maximum absolute atomic E-state index is 12.5. The molecule has 2 heterocycles. The average molecular weight is 405 g/mol. The summed E-state index contributed by atoms with van der Waals surface area (Å²) in [6.07, 6.45) is 5.53. The third kappa shape index (κ3) is 4.33. The van der Waals surface area contributed by atoms with Crippen LogP contribution in [0.4, 0.5) is 0 Å². The summed E-state index contributed by atoms with van der Waals surface area (Å²) >= 11 is 1.41. The molecule has 0 aromatic carbocycles. The lowest BCUT2D eigenvalue weighted by molar-refractivity contribution is -0.156. The van der Waals surface area contributed by atoms with Crippen molar-refractivity contribution in [3.8, 4) is 6.07 Å². The van der Waals surface area contributed by atoms with Crippen LogP contribution in [-0.4, -0.2) is 46.6 Å². The van der Waals surface area contributed by atoms with E-state index in [0.717, 1.165) is 19.3 Å². The molecule has 0 radical (unpaired) electrons. The first-order valence-electron chi connectivity index (χ1n) is 9.28. The van der Waals surface area contributed by atoms with E-state index in [2.05, 4.69) is 11.4 Å². The third-order valence-electron chi connectivity index (χ3n) is 5.07. The Bertz CT molecular complexity index is 767. The molecule has 1 aliphatic carbocycles. The Balaban J connectivity index is 1.57. The number of nitriles is 1. The number of esters is 1. The standard InChI is InChI=1S/C19H23N3O5S/c1-13(23)22-14(11-28-17(22)15-6-5-9-26-15)18(25)27-10-16(24)21-19(12-20)7-3-2-4-8-19/h5-6,9,14,17H,2-4,7-8,10-11H2,1H3,(H,21,24)/t14-,17-/m1/s1. The van der Waals surface area contributed by atoms with Crippen LogP contribution in [0.25, 0.3) is 0 Å². The second-order valence-electron chi connectivity index (χ2n) is 7.05. The monoisotopic (exact) mass is 405 g/mol. The molecule has 9 heteroatoms. The topological polar surface area (TPSA) is 113 Å². The number of nitrogens with zero attached hydrogens (tertiary/aromatic N) is 2. The number of furan rings is 1. The summed E-state index contributed by atoms with van der Waals surface area (Å²) in [6, 6.07) is 4.88. The van der Waals surface area contributed by atoms with Gasteiger partial charge in [-0.25, -0.2) is 4.79 Å². The molecule has 8 nitrogen and oxygen atoms in total. The maximum Gasteiger partial charge on any atom is 0.330 e. The molecule has 1 N–H and O–H groups in total. The van der Waals surface area contributed by atoms with Gasteiger partial charge >= 0.3 is 5.97 Å². The van der Waals surface area contributed by atoms with Crippen LogP contribution >= 0.6 is 11.8 Å². The smallest absolute Gasteiger partial charge is 0.330 e. The summed E-state index contributed by atoms with van der Waals surface area (Å²) in [5.41, 5.74) is -0.874. The molecule has 0 spiro atoms. The van der Waals surface area contributed by atoms with Gasteiger partial charge in [0.15, 0.2) is 6.61 Å². The number of amides is 2. The van der Waals surface area contributed by atoms with E-state index in [9.17, 15) is 19.6 Å². The lowest BCUT2D eigenvalue weighted by atomic mass is 9.83. The van der Waals surface area contributed by atoms with E-state index in [-0.39, 0.29) is 5.91 Å². The third-order valence-corrected chi connectivity index (χ3v) is 6.35. The summed E-state index contributed by atoms with van der Waals surface area (Å²) in [4.78, 5) is 38.3. The lowest BCUT2D eigenvalue weighted by Gasteiger charge is -2.31. The Hall–Kier alpha value is -2.47. The number of nitrogens with one attached hydrogen (secondary N) is 1. The van der Waals surface area contributed by atoms with E-state index in [4.69, 9.17) is 9.15 Å². The Morgan fingerprint density at radius 2 is 2.14 bits per heavy atom. The molecule has 2 amide bonds. The van der Waals surface area contributed by atoms with Crippen molar-refractivity contribution in [2.24, 2.45) is 0 Å². The van der Waals surface area contributed by atoms with Crippen molar-refractivity contribution >= 4 is 29.5 Å². The summed E-state index contributed by atoms with van der Waals surface area (Å²) in [6.45, 7) is 0.912. The predicted octanol–water partition coefficient (Wildman–Crippen LogP) is 2.13. The van der Waals surface area contributed by atoms with Gasteiger partial charge in [-0.3, -0.25) is 9.59 Å². The van der Waals surface area contributed by atoms with Crippen LogP contribution < -0.4 is 5.32 Å². The van der Waals surface area contributed by atoms with Crippen molar-refractivity contribution in [1.29, 1.82) is 5.26 Å². The Labute approximate surface area is 167 Å². The first-order valence-corrected chi connectivity index (χ1v) is 10.3. The normalized spacial score (nSPS) is 23.6. The second kappa shape index (κ2) is 8.69. The number of rotatable bonds is 5. The number of hydrogen-bond acceptors (Lipinski definition) is 7. The molecular weight excluding hydrogens is 382 g/mol. The largest absolute Gasteiger partial charge is 0.466 e. The van der Waals surface area contributed by atoms with Gasteiger partial charge in [-0.1, -0.05) is 19.3 Å². The first-order chi connectivity index (χ1) is 13.5. The van der Waals surface area contributed by atoms with Crippen LogP contribution in [0.3, 0.4) is 0 Å². The van der Waals surface area contributed by atoms with E-state index in [0.29, 0.717) is 24.4 Å². The van der Waals surface area contributed by atoms with Crippen molar-refractivity contribution in [1.82, 2.24) is 10.2 Å². The van der Waals surface area contributed by atoms with E-state index in [1.54, 1.807) is 12.1 Å². The summed E-state index contributed by atoms with van der Waals surface area (Å²) in [7, 11) is 0. The highest BCUT2D eigenvalue weighted by Gasteiger charge is 2.43. The number of ether oxygens (including phenoxy) is 1. The highest BCUT2D eigenvalue weighted by molar-refractivity contribution is 7.99. The minimum atomic E-state index is -0.874. The van der Waals surface area contributed by atoms with Gasteiger partial charge in [0.25, 0.3) is 5.91 Å². The summed E-state index contributed by atoms with van der Waals surface area (Å²) in [5.74, 6) is -0.473. The van der Waals surface area contributed by atoms with Crippen LogP contribution in [-0.2, 0) is 19.1 Å². The number of carbonyl (C=O) groups is 3. The fourth-order valence-corrected chi connectivity index (χ4v) is 5.10. The number of hydrogen-bond donors (Lipinski definition) is 1. The predicted molar refractivity (Wildman–Crippen MR) is 101 cm³/mol. The molecule has 2 fully saturated rings. The van der Waals surface area contributed by atoms with Gasteiger partial charge in [-0.05, 0) is 25.0 Å². The minimum absolute atomic E-state index is 0.275. The van der Waals surface area contributed by atoms with Gasteiger partial charge in [0.1, 0.15) is 22.7 Å². The van der Waals surface area contributed by atoms with Crippen LogP contribution in [0.1, 0.15) is 50.2 Å². The van der Waals surface area contributed by atoms with Crippen molar-refractivity contribution < 1.29 is 23.5 Å². The van der Waals surface area contributed by atoms with Gasteiger partial charge in [0, 0.05) is 12.7 Å². The molecule has 28 heavy (non-hydrogen) atoms. The van der Waals surface area contributed by atoms with E-state index < -0.39 is 35.4 Å². The van der Waals surface area contributed by atoms with Crippen LogP contribution in [0, 0.1) is 11.3 Å². The second-order valence-corrected chi connectivity index (χ2v) is 8.17. The average Bonchev–Trinajstić information content (AvgIpc) is 3.36. The van der Waals surface area contributed by atoms with Crippen LogP contribution in [0.15, 0.2) is 22.8 Å². The van der Waals surface area contributed by atoms with E-state index >= 15 is 0 Å². The molecule has 3 rings (SSSR count). The molecule has 150 valence electrons. The van der Waals surface area contributed by atoms with Gasteiger partial charge in [-0.15, -0.1) is 11.8 Å². The number of thioether (sulfide) groups is 1. The molecule has 1 aliphatic heterocycles. The fourth-order valence-electron chi connectivity index (χ4n) is 3.68. The fraction of sp³-hybridized carbons (Fsp3) is 0.579. The summed E-state index contributed by atoms with van der Waals surface area (Å²) < 4.78 is 10.5. The van der Waals surface area contributed by atoms with Crippen LogP contribution in [0.2, 0.25) is 0 Å². The Morgan fingerprint density at radius 1 is 1.39 bits per heavy atom. The molecule has 0 bridgehead atoms. The molecule has 2 aliphatic rings. The van der Waals surface area contributed by atoms with E-state index in [1.165, 1.54) is 29.8 Å². The molecule has 0 unspecified atom stereocenters. The van der Waals surface area contributed by atoms with Crippen molar-refractivity contribution in [2.45, 2.75) is 56.0 Å². The van der Waals surface area contributed by atoms with Crippen LogP contribution in [0.5, 0.6) is 0 Å². The van der Waals surface area contributed by atoms with Crippen molar-refractivity contribution in [3.63, 3.8) is 0 Å². The zero-order chi connectivity index (χ0) is 20.1. The van der Waals surface area contributed by atoms with Gasteiger partial charge < -0.3 is 19.4 Å². The zero-order valence-electron chi connectivity index (χ0n) is 15.7. The van der Waals surface area contributed by atoms with E-state index in [1.807, 2.05) is 0 Å². The molecular formula is C19H23N3O5S. The number of carbonyl (C=O) groups excluding carboxylic acids is 3. The maximum atomic E-state index is 12.5. The SMILES string of the molecule is CC(=O)N1[C@@H](C(=O)OCC(=O)NC2(C#N)CCCCC2)CS[C@@H]1c1ccco1. The van der Waals surface area contributed by atoms with Crippen molar-refractivity contribution in [3.05, 3.63) is 24.2 Å². The summed E-state index contributed by atoms with van der Waals surface area (Å²) in [5, 5.41) is 11.7. The molecule has 1 aromatic rings. The molecule has 1 aromatic heterocycles. The lowest BCUT2D eigenvalue weighted by Crippen LogP contribution is -2.50. The molecule has 2 atom stereocenters. The zero-order valence-corrected chi connectivity index (χ0v) is 16.5. The highest BCUT2D eigenvalue weighted by Crippen LogP contribution is 2.41. The molecule has 1 saturated heterocycles. The molecule has 1 saturated carbocycles. The quantitative estimate of drug-likeness (QED) is 0.747. The van der Waals surface area contributed by atoms with Gasteiger partial charge in [0.2, 0.25) is 5.91 Å². The van der Waals surface area contributed by atoms with Gasteiger partial charge in [-0.2, -0.15) is 5.26 Å². The Morgan fingerprint density at radius 3 is 2.75 bits per heavy atom. The minimum Gasteiger partial charge on any atom is -0.466 e.